The van der Waals surface area contributed by atoms with Crippen molar-refractivity contribution in [2.24, 2.45) is 10.7 Å². The third-order valence-corrected chi connectivity index (χ3v) is 3.66. The van der Waals surface area contributed by atoms with Crippen LogP contribution < -0.4 is 11.1 Å². The van der Waals surface area contributed by atoms with Gasteiger partial charge in [-0.15, -0.1) is 24.0 Å². The number of morpholine rings is 1. The molecule has 0 aromatic heterocycles. The van der Waals surface area contributed by atoms with E-state index in [0.717, 1.165) is 45.3 Å². The van der Waals surface area contributed by atoms with Gasteiger partial charge >= 0.3 is 0 Å². The third kappa shape index (κ3) is 8.20. The van der Waals surface area contributed by atoms with Gasteiger partial charge in [-0.05, 0) is 30.5 Å². The van der Waals surface area contributed by atoms with Crippen LogP contribution >= 0.6 is 24.0 Å². The van der Waals surface area contributed by atoms with Gasteiger partial charge in [-0.2, -0.15) is 0 Å². The summed E-state index contributed by atoms with van der Waals surface area (Å²) >= 11 is 0. The minimum Gasteiger partial charge on any atom is -0.379 e. The molecule has 0 atom stereocenters. The van der Waals surface area contributed by atoms with E-state index in [2.05, 4.69) is 15.2 Å². The van der Waals surface area contributed by atoms with E-state index >= 15 is 0 Å². The molecule has 1 aliphatic rings. The molecule has 8 heteroatoms. The van der Waals surface area contributed by atoms with Gasteiger partial charge in [0, 0.05) is 38.8 Å². The van der Waals surface area contributed by atoms with Crippen molar-refractivity contribution in [2.75, 3.05) is 45.9 Å². The van der Waals surface area contributed by atoms with Crippen LogP contribution in [-0.2, 0) is 11.2 Å². The predicted molar refractivity (Wildman–Crippen MR) is 102 cm³/mol. The van der Waals surface area contributed by atoms with Crippen molar-refractivity contribution in [1.82, 2.24) is 10.2 Å². The van der Waals surface area contributed by atoms with Gasteiger partial charge in [-0.1, -0.05) is 0 Å². The van der Waals surface area contributed by atoms with Crippen LogP contribution in [0.5, 0.6) is 0 Å². The second-order valence-electron chi connectivity index (χ2n) is 5.53. The molecule has 1 fully saturated rings. The molecule has 1 aliphatic heterocycles. The van der Waals surface area contributed by atoms with Gasteiger partial charge in [0.1, 0.15) is 11.6 Å². The van der Waals surface area contributed by atoms with E-state index in [0.29, 0.717) is 31.0 Å². The van der Waals surface area contributed by atoms with Gasteiger partial charge in [0.25, 0.3) is 0 Å². The lowest BCUT2D eigenvalue weighted by Gasteiger charge is -2.26. The predicted octanol–water partition coefficient (Wildman–Crippen LogP) is 1.75. The second kappa shape index (κ2) is 11.5. The average molecular weight is 454 g/mol. The first-order chi connectivity index (χ1) is 11.1. The molecule has 0 saturated carbocycles. The van der Waals surface area contributed by atoms with Gasteiger partial charge in [0.15, 0.2) is 5.96 Å². The van der Waals surface area contributed by atoms with E-state index < -0.39 is 11.6 Å². The Morgan fingerprint density at radius 2 is 1.88 bits per heavy atom. The molecule has 1 aromatic carbocycles. The number of hydrogen-bond acceptors (Lipinski definition) is 3. The smallest absolute Gasteiger partial charge is 0.188 e. The monoisotopic (exact) mass is 454 g/mol. The zero-order valence-corrected chi connectivity index (χ0v) is 16.0. The van der Waals surface area contributed by atoms with E-state index in [4.69, 9.17) is 10.5 Å². The molecule has 5 nitrogen and oxygen atoms in total. The van der Waals surface area contributed by atoms with Gasteiger partial charge in [-0.3, -0.25) is 9.89 Å². The number of halogens is 3. The first kappa shape index (κ1) is 21.0. The lowest BCUT2D eigenvalue weighted by molar-refractivity contribution is 0.0377. The van der Waals surface area contributed by atoms with Crippen molar-refractivity contribution in [3.63, 3.8) is 0 Å². The number of rotatable bonds is 7. The number of nitrogens with one attached hydrogen (secondary N) is 1. The topological polar surface area (TPSA) is 62.9 Å². The van der Waals surface area contributed by atoms with Crippen LogP contribution in [0.2, 0.25) is 0 Å². The lowest BCUT2D eigenvalue weighted by atomic mass is 10.1. The fourth-order valence-corrected chi connectivity index (χ4v) is 2.46. The van der Waals surface area contributed by atoms with Gasteiger partial charge in [0.05, 0.1) is 13.2 Å². The molecule has 0 bridgehead atoms. The summed E-state index contributed by atoms with van der Waals surface area (Å²) in [5, 5.41) is 2.96. The molecule has 136 valence electrons. The Kier molecular flexibility index (Phi) is 10.1. The van der Waals surface area contributed by atoms with Crippen molar-refractivity contribution in [3.05, 3.63) is 35.4 Å². The number of ether oxygens (including phenoxy) is 1. The highest BCUT2D eigenvalue weighted by Gasteiger charge is 2.08. The quantitative estimate of drug-likeness (QED) is 0.285. The fraction of sp³-hybridized carbons (Fsp3) is 0.562. The standard InChI is InChI=1S/C16H24F2N4O.HI/c17-14-10-13(11-15(18)12-14)2-4-21-16(19)20-3-1-5-22-6-8-23-9-7-22;/h10-12H,1-9H2,(H3,19,20,21);1H. The third-order valence-electron chi connectivity index (χ3n) is 3.66. The number of benzene rings is 1. The molecule has 0 amide bonds. The Morgan fingerprint density at radius 1 is 1.21 bits per heavy atom. The molecule has 0 unspecified atom stereocenters. The Balaban J connectivity index is 0.00000288. The Bertz CT molecular complexity index is 505. The van der Waals surface area contributed by atoms with E-state index in [1.807, 2.05) is 0 Å². The maximum absolute atomic E-state index is 13.1. The minimum atomic E-state index is -0.565. The van der Waals surface area contributed by atoms with Crippen molar-refractivity contribution >= 4 is 29.9 Å². The molecular weight excluding hydrogens is 429 g/mol. The summed E-state index contributed by atoms with van der Waals surface area (Å²) < 4.78 is 31.4. The summed E-state index contributed by atoms with van der Waals surface area (Å²) in [7, 11) is 0. The van der Waals surface area contributed by atoms with Crippen molar-refractivity contribution in [1.29, 1.82) is 0 Å². The summed E-state index contributed by atoms with van der Waals surface area (Å²) in [6, 6.07) is 3.50. The van der Waals surface area contributed by atoms with Crippen LogP contribution in [0, 0.1) is 11.6 Å². The summed E-state index contributed by atoms with van der Waals surface area (Å²) in [5.41, 5.74) is 6.37. The number of aliphatic imine (C=N–C) groups is 1. The zero-order valence-electron chi connectivity index (χ0n) is 13.6. The van der Waals surface area contributed by atoms with Crippen LogP contribution in [0.4, 0.5) is 8.78 Å². The fourth-order valence-electron chi connectivity index (χ4n) is 2.46. The lowest BCUT2D eigenvalue weighted by Crippen LogP contribution is -2.37. The van der Waals surface area contributed by atoms with E-state index in [-0.39, 0.29) is 24.0 Å². The van der Waals surface area contributed by atoms with Crippen molar-refractivity contribution in [2.45, 2.75) is 12.8 Å². The van der Waals surface area contributed by atoms with Gasteiger partial charge < -0.3 is 15.8 Å². The Hall–Kier alpha value is -1.00. The normalized spacial score (nSPS) is 15.8. The van der Waals surface area contributed by atoms with E-state index in [9.17, 15) is 8.78 Å². The highest BCUT2D eigenvalue weighted by molar-refractivity contribution is 14.0. The molecular formula is C16H25F2IN4O. The number of guanidine groups is 1. The summed E-state index contributed by atoms with van der Waals surface area (Å²) in [6.45, 7) is 5.68. The van der Waals surface area contributed by atoms with Gasteiger partial charge in [-0.25, -0.2) is 8.78 Å². The zero-order chi connectivity index (χ0) is 16.5. The van der Waals surface area contributed by atoms with E-state index in [1.165, 1.54) is 12.1 Å². The highest BCUT2D eigenvalue weighted by Crippen LogP contribution is 2.08. The van der Waals surface area contributed by atoms with Crippen LogP contribution in [0.15, 0.2) is 23.2 Å². The number of nitrogens with two attached hydrogens (primary N) is 1. The summed E-state index contributed by atoms with van der Waals surface area (Å²) in [5.74, 6) is -0.765. The molecule has 1 heterocycles. The van der Waals surface area contributed by atoms with E-state index in [1.54, 1.807) is 0 Å². The molecule has 0 spiro atoms. The molecule has 2 rings (SSSR count). The molecule has 24 heavy (non-hydrogen) atoms. The SMILES string of the molecule is I.NC(=NCCCN1CCOCC1)NCCc1cc(F)cc(F)c1. The first-order valence-corrected chi connectivity index (χ1v) is 7.92. The van der Waals surface area contributed by atoms with Crippen molar-refractivity contribution in [3.8, 4) is 0 Å². The minimum absolute atomic E-state index is 0. The molecule has 3 N–H and O–H groups in total. The molecule has 1 saturated heterocycles. The number of hydrogen-bond donors (Lipinski definition) is 2. The maximum atomic E-state index is 13.1. The first-order valence-electron chi connectivity index (χ1n) is 7.92. The largest absolute Gasteiger partial charge is 0.379 e. The molecule has 0 aliphatic carbocycles. The average Bonchev–Trinajstić information content (AvgIpc) is 2.52. The Morgan fingerprint density at radius 3 is 2.54 bits per heavy atom. The van der Waals surface area contributed by atoms with Crippen LogP contribution in [0.3, 0.4) is 0 Å². The molecule has 0 radical (unpaired) electrons. The Labute approximate surface area is 158 Å². The number of nitrogens with zero attached hydrogens (tertiary/aromatic N) is 2. The molecule has 1 aromatic rings. The second-order valence-corrected chi connectivity index (χ2v) is 5.53. The summed E-state index contributed by atoms with van der Waals surface area (Å²) in [6.07, 6.45) is 1.43. The van der Waals surface area contributed by atoms with Crippen LogP contribution in [0.25, 0.3) is 0 Å². The van der Waals surface area contributed by atoms with Crippen molar-refractivity contribution < 1.29 is 13.5 Å². The summed E-state index contributed by atoms with van der Waals surface area (Å²) in [4.78, 5) is 6.60. The highest BCUT2D eigenvalue weighted by atomic mass is 127. The maximum Gasteiger partial charge on any atom is 0.188 e. The van der Waals surface area contributed by atoms with Gasteiger partial charge in [0.2, 0.25) is 0 Å². The van der Waals surface area contributed by atoms with Crippen LogP contribution in [0.1, 0.15) is 12.0 Å². The van der Waals surface area contributed by atoms with Crippen LogP contribution in [-0.4, -0.2) is 56.8 Å².